The molecule has 158 valence electrons. The topological polar surface area (TPSA) is 37.8 Å². The van der Waals surface area contributed by atoms with Gasteiger partial charge in [0.05, 0.1) is 5.52 Å². The van der Waals surface area contributed by atoms with Crippen molar-refractivity contribution in [2.45, 2.75) is 70.6 Å². The van der Waals surface area contributed by atoms with Gasteiger partial charge in [0.25, 0.3) is 0 Å². The van der Waals surface area contributed by atoms with E-state index in [-0.39, 0.29) is 5.82 Å². The number of nitrogens with zero attached hydrogens (tertiary/aromatic N) is 2. The van der Waals surface area contributed by atoms with Crippen molar-refractivity contribution < 1.29 is 4.39 Å². The standard InChI is InChI=1S/C26H32FN3/c1-2-19(22-16-21-17-23(27)12-14-25(21)29-18-22)8-5-3-4-6-10-24-13-11-20-9-7-15-28-26(20)30-24/h11-14,16-19H,2-10,15H2,1H3,(H,28,30)/t19-/m1/s1. The first-order valence-electron chi connectivity index (χ1n) is 11.5. The molecule has 4 rings (SSSR count). The zero-order valence-corrected chi connectivity index (χ0v) is 18.0. The Labute approximate surface area is 179 Å². The molecule has 0 saturated carbocycles. The molecule has 0 bridgehead atoms. The van der Waals surface area contributed by atoms with E-state index in [0.717, 1.165) is 42.5 Å². The van der Waals surface area contributed by atoms with Crippen molar-refractivity contribution in [3.63, 3.8) is 0 Å². The summed E-state index contributed by atoms with van der Waals surface area (Å²) in [4.78, 5) is 9.33. The van der Waals surface area contributed by atoms with E-state index in [0.29, 0.717) is 5.92 Å². The van der Waals surface area contributed by atoms with Crippen molar-refractivity contribution in [1.29, 1.82) is 0 Å². The van der Waals surface area contributed by atoms with Crippen LogP contribution in [0.15, 0.2) is 42.6 Å². The highest BCUT2D eigenvalue weighted by Crippen LogP contribution is 2.28. The highest BCUT2D eigenvalue weighted by Gasteiger charge is 2.12. The van der Waals surface area contributed by atoms with E-state index >= 15 is 0 Å². The molecule has 1 atom stereocenters. The Bertz CT molecular complexity index is 985. The molecule has 0 unspecified atom stereocenters. The minimum Gasteiger partial charge on any atom is -0.370 e. The van der Waals surface area contributed by atoms with Crippen LogP contribution in [0.3, 0.4) is 0 Å². The summed E-state index contributed by atoms with van der Waals surface area (Å²) in [5.74, 6) is 1.41. The zero-order chi connectivity index (χ0) is 20.8. The van der Waals surface area contributed by atoms with Gasteiger partial charge in [-0.2, -0.15) is 0 Å². The van der Waals surface area contributed by atoms with Gasteiger partial charge in [0.1, 0.15) is 11.6 Å². The molecular formula is C26H32FN3. The number of anilines is 1. The summed E-state index contributed by atoms with van der Waals surface area (Å²) in [6.45, 7) is 3.28. The van der Waals surface area contributed by atoms with Crippen LogP contribution >= 0.6 is 0 Å². The summed E-state index contributed by atoms with van der Waals surface area (Å²) < 4.78 is 13.5. The number of fused-ring (bicyclic) bond motifs is 2. The van der Waals surface area contributed by atoms with Gasteiger partial charge in [-0.3, -0.25) is 4.98 Å². The second kappa shape index (κ2) is 10.0. The maximum atomic E-state index is 13.5. The average Bonchev–Trinajstić information content (AvgIpc) is 2.78. The van der Waals surface area contributed by atoms with E-state index in [1.54, 1.807) is 12.1 Å². The van der Waals surface area contributed by atoms with Crippen molar-refractivity contribution in [1.82, 2.24) is 9.97 Å². The molecule has 3 aromatic rings. The fraction of sp³-hybridized carbons (Fsp3) is 0.462. The molecule has 3 nitrogen and oxygen atoms in total. The van der Waals surface area contributed by atoms with Crippen LogP contribution in [0.4, 0.5) is 10.2 Å². The summed E-state index contributed by atoms with van der Waals surface area (Å²) in [5.41, 5.74) is 4.67. The Balaban J connectivity index is 1.22. The molecule has 2 aromatic heterocycles. The number of hydrogen-bond acceptors (Lipinski definition) is 3. The lowest BCUT2D eigenvalue weighted by atomic mass is 9.91. The molecule has 0 radical (unpaired) electrons. The summed E-state index contributed by atoms with van der Waals surface area (Å²) in [6, 6.07) is 11.4. The van der Waals surface area contributed by atoms with Crippen molar-refractivity contribution in [2.75, 3.05) is 11.9 Å². The lowest BCUT2D eigenvalue weighted by Crippen LogP contribution is -2.13. The largest absolute Gasteiger partial charge is 0.370 e. The van der Waals surface area contributed by atoms with Crippen LogP contribution in [0.25, 0.3) is 10.9 Å². The van der Waals surface area contributed by atoms with Crippen LogP contribution in [-0.2, 0) is 12.8 Å². The number of benzene rings is 1. The molecule has 0 spiro atoms. The van der Waals surface area contributed by atoms with Gasteiger partial charge >= 0.3 is 0 Å². The van der Waals surface area contributed by atoms with Crippen LogP contribution < -0.4 is 5.32 Å². The molecule has 1 aliphatic rings. The van der Waals surface area contributed by atoms with Gasteiger partial charge < -0.3 is 5.32 Å². The van der Waals surface area contributed by atoms with Crippen LogP contribution in [0, 0.1) is 5.82 Å². The Morgan fingerprint density at radius 3 is 2.87 bits per heavy atom. The fourth-order valence-electron chi connectivity index (χ4n) is 4.51. The van der Waals surface area contributed by atoms with Crippen LogP contribution in [0.1, 0.15) is 74.6 Å². The zero-order valence-electron chi connectivity index (χ0n) is 18.0. The van der Waals surface area contributed by atoms with Crippen molar-refractivity contribution in [3.8, 4) is 0 Å². The normalized spacial score (nSPS) is 14.3. The van der Waals surface area contributed by atoms with Gasteiger partial charge in [0.15, 0.2) is 0 Å². The lowest BCUT2D eigenvalue weighted by Gasteiger charge is -2.17. The first-order valence-corrected chi connectivity index (χ1v) is 11.5. The van der Waals surface area contributed by atoms with E-state index in [4.69, 9.17) is 4.98 Å². The number of nitrogens with one attached hydrogen (secondary N) is 1. The molecule has 3 heterocycles. The van der Waals surface area contributed by atoms with Gasteiger partial charge in [-0.25, -0.2) is 9.37 Å². The van der Waals surface area contributed by atoms with Gasteiger partial charge in [-0.15, -0.1) is 0 Å². The summed E-state index contributed by atoms with van der Waals surface area (Å²) in [5, 5.41) is 4.33. The Morgan fingerprint density at radius 2 is 1.97 bits per heavy atom. The molecule has 0 amide bonds. The van der Waals surface area contributed by atoms with Crippen molar-refractivity contribution in [2.24, 2.45) is 0 Å². The molecule has 0 aliphatic carbocycles. The molecule has 0 fully saturated rings. The first kappa shape index (κ1) is 20.8. The number of pyridine rings is 2. The van der Waals surface area contributed by atoms with Gasteiger partial charge in [0, 0.05) is 23.8 Å². The Kier molecular flexibility index (Phi) is 6.93. The predicted molar refractivity (Wildman–Crippen MR) is 123 cm³/mol. The maximum Gasteiger partial charge on any atom is 0.129 e. The van der Waals surface area contributed by atoms with E-state index in [2.05, 4.69) is 35.4 Å². The highest BCUT2D eigenvalue weighted by atomic mass is 19.1. The number of halogens is 1. The number of rotatable bonds is 9. The number of aromatic nitrogens is 2. The third-order valence-corrected chi connectivity index (χ3v) is 6.32. The Morgan fingerprint density at radius 1 is 1.07 bits per heavy atom. The molecular weight excluding hydrogens is 373 g/mol. The molecule has 1 aromatic carbocycles. The van der Waals surface area contributed by atoms with Crippen molar-refractivity contribution >= 4 is 16.7 Å². The minimum atomic E-state index is -0.196. The van der Waals surface area contributed by atoms with Crippen molar-refractivity contribution in [3.05, 3.63) is 65.2 Å². The number of aryl methyl sites for hydroxylation is 2. The van der Waals surface area contributed by atoms with E-state index < -0.39 is 0 Å². The van der Waals surface area contributed by atoms with E-state index in [1.165, 1.54) is 61.4 Å². The number of unbranched alkanes of at least 4 members (excludes halogenated alkanes) is 3. The number of hydrogen-bond donors (Lipinski definition) is 1. The van der Waals surface area contributed by atoms with Crippen LogP contribution in [0.5, 0.6) is 0 Å². The maximum absolute atomic E-state index is 13.5. The molecule has 30 heavy (non-hydrogen) atoms. The van der Waals surface area contributed by atoms with Crippen LogP contribution in [-0.4, -0.2) is 16.5 Å². The molecule has 4 heteroatoms. The Hall–Kier alpha value is -2.49. The highest BCUT2D eigenvalue weighted by molar-refractivity contribution is 5.79. The predicted octanol–water partition coefficient (Wildman–Crippen LogP) is 6.81. The fourth-order valence-corrected chi connectivity index (χ4v) is 4.51. The SMILES string of the molecule is CC[C@H](CCCCCCc1ccc2c(n1)NCCC2)c1cnc2ccc(F)cc2c1. The monoisotopic (exact) mass is 405 g/mol. The quantitative estimate of drug-likeness (QED) is 0.397. The third kappa shape index (κ3) is 5.16. The van der Waals surface area contributed by atoms with Gasteiger partial charge in [-0.05, 0) is 85.9 Å². The van der Waals surface area contributed by atoms with E-state index in [1.807, 2.05) is 6.20 Å². The van der Waals surface area contributed by atoms with Crippen LogP contribution in [0.2, 0.25) is 0 Å². The van der Waals surface area contributed by atoms with E-state index in [9.17, 15) is 4.39 Å². The second-order valence-corrected chi connectivity index (χ2v) is 8.50. The summed E-state index contributed by atoms with van der Waals surface area (Å²) in [6.07, 6.45) is 12.6. The first-order chi connectivity index (χ1) is 14.7. The van der Waals surface area contributed by atoms with Gasteiger partial charge in [0.2, 0.25) is 0 Å². The minimum absolute atomic E-state index is 0.196. The third-order valence-electron chi connectivity index (χ3n) is 6.32. The average molecular weight is 406 g/mol. The summed E-state index contributed by atoms with van der Waals surface area (Å²) in [7, 11) is 0. The molecule has 0 saturated heterocycles. The molecule has 1 N–H and O–H groups in total. The smallest absolute Gasteiger partial charge is 0.129 e. The summed E-state index contributed by atoms with van der Waals surface area (Å²) >= 11 is 0. The second-order valence-electron chi connectivity index (χ2n) is 8.50. The molecule has 1 aliphatic heterocycles. The lowest BCUT2D eigenvalue weighted by molar-refractivity contribution is 0.535. The van der Waals surface area contributed by atoms with Gasteiger partial charge in [-0.1, -0.05) is 32.3 Å².